The second-order valence-corrected chi connectivity index (χ2v) is 3.72. The fraction of sp³-hybridized carbons (Fsp3) is 0.417. The highest BCUT2D eigenvalue weighted by Crippen LogP contribution is 1.95. The lowest BCUT2D eigenvalue weighted by atomic mass is 10.2. The van der Waals surface area contributed by atoms with Crippen LogP contribution in [-0.2, 0) is 16.1 Å². The van der Waals surface area contributed by atoms with Crippen LogP contribution in [0.25, 0.3) is 0 Å². The van der Waals surface area contributed by atoms with Crippen LogP contribution in [0.15, 0.2) is 24.5 Å². The molecule has 1 aromatic heterocycles. The highest BCUT2D eigenvalue weighted by atomic mass is 16.2. The number of amides is 2. The van der Waals surface area contributed by atoms with E-state index >= 15 is 0 Å². The second-order valence-electron chi connectivity index (χ2n) is 3.72. The number of hydrogen-bond donors (Lipinski definition) is 2. The number of rotatable bonds is 6. The molecule has 0 fully saturated rings. The molecule has 1 aromatic rings. The number of nitrogens with zero attached hydrogens (tertiary/aromatic N) is 1. The zero-order chi connectivity index (χ0) is 12.5. The van der Waals surface area contributed by atoms with Crippen LogP contribution in [0, 0.1) is 0 Å². The minimum absolute atomic E-state index is 0.0146. The third kappa shape index (κ3) is 6.29. The van der Waals surface area contributed by atoms with Crippen LogP contribution < -0.4 is 10.6 Å². The molecular weight excluding hydrogens is 218 g/mol. The summed E-state index contributed by atoms with van der Waals surface area (Å²) in [7, 11) is 0. The van der Waals surface area contributed by atoms with Crippen molar-refractivity contribution in [1.82, 2.24) is 15.6 Å². The van der Waals surface area contributed by atoms with Crippen LogP contribution in [0.4, 0.5) is 0 Å². The van der Waals surface area contributed by atoms with Gasteiger partial charge in [0.05, 0.1) is 0 Å². The number of pyridine rings is 1. The molecule has 5 nitrogen and oxygen atoms in total. The van der Waals surface area contributed by atoms with E-state index in [0.29, 0.717) is 25.9 Å². The average Bonchev–Trinajstić information content (AvgIpc) is 2.33. The van der Waals surface area contributed by atoms with E-state index in [4.69, 9.17) is 0 Å². The van der Waals surface area contributed by atoms with Crippen molar-refractivity contribution >= 4 is 11.8 Å². The summed E-state index contributed by atoms with van der Waals surface area (Å²) in [6.07, 6.45) is 4.48. The largest absolute Gasteiger partial charge is 0.356 e. The highest BCUT2D eigenvalue weighted by molar-refractivity contribution is 5.76. The van der Waals surface area contributed by atoms with Gasteiger partial charge < -0.3 is 10.6 Å². The summed E-state index contributed by atoms with van der Waals surface area (Å²) in [5.41, 5.74) is 0.975. The van der Waals surface area contributed by atoms with E-state index in [1.807, 2.05) is 12.1 Å². The number of carbonyl (C=O) groups is 2. The molecule has 0 aliphatic rings. The van der Waals surface area contributed by atoms with Crippen molar-refractivity contribution in [3.63, 3.8) is 0 Å². The van der Waals surface area contributed by atoms with Gasteiger partial charge in [0, 0.05) is 38.8 Å². The van der Waals surface area contributed by atoms with Gasteiger partial charge in [0.1, 0.15) is 0 Å². The van der Waals surface area contributed by atoms with Crippen molar-refractivity contribution < 1.29 is 9.59 Å². The Labute approximate surface area is 101 Å². The van der Waals surface area contributed by atoms with E-state index in [1.54, 1.807) is 12.4 Å². The smallest absolute Gasteiger partial charge is 0.220 e. The lowest BCUT2D eigenvalue weighted by molar-refractivity contribution is -0.122. The molecule has 0 radical (unpaired) electrons. The number of aromatic nitrogens is 1. The summed E-state index contributed by atoms with van der Waals surface area (Å²) in [5.74, 6) is -0.0834. The van der Waals surface area contributed by atoms with Gasteiger partial charge in [0.25, 0.3) is 0 Å². The van der Waals surface area contributed by atoms with Crippen LogP contribution >= 0.6 is 0 Å². The first-order valence-corrected chi connectivity index (χ1v) is 5.58. The Morgan fingerprint density at radius 3 is 2.82 bits per heavy atom. The first kappa shape index (κ1) is 13.2. The maximum absolute atomic E-state index is 11.4. The van der Waals surface area contributed by atoms with Gasteiger partial charge in [-0.2, -0.15) is 0 Å². The highest BCUT2D eigenvalue weighted by Gasteiger charge is 2.01. The summed E-state index contributed by atoms with van der Waals surface area (Å²) in [6.45, 7) is 2.49. The Morgan fingerprint density at radius 2 is 2.18 bits per heavy atom. The molecule has 0 aromatic carbocycles. The summed E-state index contributed by atoms with van der Waals surface area (Å²) in [6, 6.07) is 3.74. The Morgan fingerprint density at radius 1 is 1.35 bits per heavy atom. The van der Waals surface area contributed by atoms with Crippen LogP contribution in [0.3, 0.4) is 0 Å². The molecule has 1 rings (SSSR count). The van der Waals surface area contributed by atoms with E-state index in [1.165, 1.54) is 6.92 Å². The standard InChI is InChI=1S/C12H17N3O2/c1-10(16)14-7-3-5-12(17)15-9-11-4-2-6-13-8-11/h2,4,6,8H,3,5,7,9H2,1H3,(H,14,16)(H,15,17). The molecule has 0 saturated heterocycles. The van der Waals surface area contributed by atoms with E-state index < -0.39 is 0 Å². The Bertz CT molecular complexity index is 365. The number of hydrogen-bond acceptors (Lipinski definition) is 3. The molecule has 17 heavy (non-hydrogen) atoms. The molecule has 5 heteroatoms. The molecule has 0 spiro atoms. The van der Waals surface area contributed by atoms with Gasteiger partial charge in [-0.05, 0) is 18.1 Å². The molecule has 0 unspecified atom stereocenters. The van der Waals surface area contributed by atoms with Crippen LogP contribution in [0.5, 0.6) is 0 Å². The molecule has 0 bridgehead atoms. The molecule has 92 valence electrons. The van der Waals surface area contributed by atoms with Crippen LogP contribution in [0.1, 0.15) is 25.3 Å². The first-order valence-electron chi connectivity index (χ1n) is 5.58. The first-order chi connectivity index (χ1) is 8.18. The van der Waals surface area contributed by atoms with Gasteiger partial charge in [0.2, 0.25) is 11.8 Å². The molecule has 1 heterocycles. The van der Waals surface area contributed by atoms with Crippen LogP contribution in [0.2, 0.25) is 0 Å². The monoisotopic (exact) mass is 235 g/mol. The maximum Gasteiger partial charge on any atom is 0.220 e. The SMILES string of the molecule is CC(=O)NCCCC(=O)NCc1cccnc1. The average molecular weight is 235 g/mol. The fourth-order valence-corrected chi connectivity index (χ4v) is 1.31. The van der Waals surface area contributed by atoms with Crippen molar-refractivity contribution in [3.05, 3.63) is 30.1 Å². The van der Waals surface area contributed by atoms with Crippen molar-refractivity contribution in [2.24, 2.45) is 0 Å². The summed E-state index contributed by atoms with van der Waals surface area (Å²) < 4.78 is 0. The molecular formula is C12H17N3O2. The van der Waals surface area contributed by atoms with Crippen LogP contribution in [-0.4, -0.2) is 23.3 Å². The molecule has 2 N–H and O–H groups in total. The topological polar surface area (TPSA) is 71.1 Å². The molecule has 0 saturated carbocycles. The third-order valence-electron chi connectivity index (χ3n) is 2.17. The van der Waals surface area contributed by atoms with Crippen molar-refractivity contribution in [1.29, 1.82) is 0 Å². The summed E-state index contributed by atoms with van der Waals surface area (Å²) >= 11 is 0. The van der Waals surface area contributed by atoms with Crippen molar-refractivity contribution in [2.75, 3.05) is 6.54 Å². The van der Waals surface area contributed by atoms with Crippen molar-refractivity contribution in [2.45, 2.75) is 26.3 Å². The predicted octanol–water partition coefficient (Wildman–Crippen LogP) is 0.614. The molecule has 0 atom stereocenters. The third-order valence-corrected chi connectivity index (χ3v) is 2.17. The van der Waals surface area contributed by atoms with E-state index in [9.17, 15) is 9.59 Å². The van der Waals surface area contributed by atoms with Crippen molar-refractivity contribution in [3.8, 4) is 0 Å². The van der Waals surface area contributed by atoms with Gasteiger partial charge >= 0.3 is 0 Å². The van der Waals surface area contributed by atoms with E-state index in [-0.39, 0.29) is 11.8 Å². The predicted molar refractivity (Wildman–Crippen MR) is 64.0 cm³/mol. The van der Waals surface area contributed by atoms with E-state index in [2.05, 4.69) is 15.6 Å². The summed E-state index contributed by atoms with van der Waals surface area (Å²) in [4.78, 5) is 26.0. The minimum atomic E-state index is -0.0687. The van der Waals surface area contributed by atoms with Gasteiger partial charge in [0.15, 0.2) is 0 Å². The Balaban J connectivity index is 2.11. The van der Waals surface area contributed by atoms with Gasteiger partial charge in [-0.3, -0.25) is 14.6 Å². The van der Waals surface area contributed by atoms with Gasteiger partial charge in [-0.25, -0.2) is 0 Å². The summed E-state index contributed by atoms with van der Waals surface area (Å²) in [5, 5.41) is 5.44. The number of carbonyl (C=O) groups excluding carboxylic acids is 2. The molecule has 2 amide bonds. The van der Waals surface area contributed by atoms with E-state index in [0.717, 1.165) is 5.56 Å². The molecule has 0 aliphatic heterocycles. The zero-order valence-electron chi connectivity index (χ0n) is 9.90. The van der Waals surface area contributed by atoms with Gasteiger partial charge in [-0.15, -0.1) is 0 Å². The second kappa shape index (κ2) is 7.38. The minimum Gasteiger partial charge on any atom is -0.356 e. The normalized spacial score (nSPS) is 9.71. The lowest BCUT2D eigenvalue weighted by Crippen LogP contribution is -2.25. The Kier molecular flexibility index (Phi) is 5.71. The maximum atomic E-state index is 11.4. The molecule has 0 aliphatic carbocycles. The quantitative estimate of drug-likeness (QED) is 0.710. The zero-order valence-corrected chi connectivity index (χ0v) is 9.90. The fourth-order valence-electron chi connectivity index (χ4n) is 1.31. The lowest BCUT2D eigenvalue weighted by Gasteiger charge is -2.05. The Hall–Kier alpha value is -1.91. The van der Waals surface area contributed by atoms with Gasteiger partial charge in [-0.1, -0.05) is 6.07 Å². The number of nitrogens with one attached hydrogen (secondary N) is 2.